The van der Waals surface area contributed by atoms with Gasteiger partial charge in [-0.15, -0.1) is 0 Å². The van der Waals surface area contributed by atoms with E-state index in [4.69, 9.17) is 8.37 Å². The van der Waals surface area contributed by atoms with Crippen molar-refractivity contribution in [3.63, 3.8) is 0 Å². The van der Waals surface area contributed by atoms with E-state index in [1.165, 1.54) is 24.3 Å². The Morgan fingerprint density at radius 2 is 0.897 bits per heavy atom. The molecule has 3 rings (SSSR count). The fourth-order valence-corrected chi connectivity index (χ4v) is 4.56. The van der Waals surface area contributed by atoms with Crippen LogP contribution < -0.4 is 0 Å². The molecule has 3 aromatic carbocycles. The molecule has 0 atom stereocenters. The average Bonchev–Trinajstić information content (AvgIpc) is 2.75. The van der Waals surface area contributed by atoms with E-state index in [1.54, 1.807) is 60.7 Å². The van der Waals surface area contributed by atoms with Crippen LogP contribution in [0, 0.1) is 0 Å². The highest BCUT2D eigenvalue weighted by Crippen LogP contribution is 2.22. The monoisotopic (exact) mass is 432 g/mol. The summed E-state index contributed by atoms with van der Waals surface area (Å²) in [6.07, 6.45) is 0. The molecule has 0 unspecified atom stereocenters. The predicted molar refractivity (Wildman–Crippen MR) is 108 cm³/mol. The summed E-state index contributed by atoms with van der Waals surface area (Å²) in [4.78, 5) is 0.0641. The molecule has 8 heteroatoms. The van der Waals surface area contributed by atoms with Gasteiger partial charge in [-0.25, -0.2) is 0 Å². The molecule has 0 saturated heterocycles. The highest BCUT2D eigenvalue weighted by molar-refractivity contribution is 7.87. The van der Waals surface area contributed by atoms with Gasteiger partial charge in [-0.2, -0.15) is 16.8 Å². The summed E-state index contributed by atoms with van der Waals surface area (Å²) in [7, 11) is -7.95. The summed E-state index contributed by atoms with van der Waals surface area (Å²) >= 11 is 0. The largest absolute Gasteiger partial charge is 0.296 e. The van der Waals surface area contributed by atoms with Gasteiger partial charge in [0.1, 0.15) is 0 Å². The van der Waals surface area contributed by atoms with Gasteiger partial charge in [-0.05, 0) is 29.8 Å². The highest BCUT2D eigenvalue weighted by Gasteiger charge is 2.23. The zero-order valence-electron chi connectivity index (χ0n) is 15.4. The summed E-state index contributed by atoms with van der Waals surface area (Å²) in [6, 6.07) is 24.4. The van der Waals surface area contributed by atoms with Gasteiger partial charge in [-0.1, -0.05) is 66.7 Å². The van der Waals surface area contributed by atoms with Crippen LogP contribution in [0.1, 0.15) is 11.5 Å². The summed E-state index contributed by atoms with van der Waals surface area (Å²) in [5, 5.41) is 0. The van der Waals surface area contributed by atoms with Crippen LogP contribution in [0.15, 0.2) is 101 Å². The lowest BCUT2D eigenvalue weighted by atomic mass is 10.0. The number of hydrogen-bond acceptors (Lipinski definition) is 6. The van der Waals surface area contributed by atoms with Crippen molar-refractivity contribution in [3.8, 4) is 0 Å². The molecule has 6 nitrogen and oxygen atoms in total. The van der Waals surface area contributed by atoms with E-state index in [-0.39, 0.29) is 23.0 Å². The fraction of sp³-hybridized carbons (Fsp3) is 0.143. The van der Waals surface area contributed by atoms with Gasteiger partial charge >= 0.3 is 0 Å². The van der Waals surface area contributed by atoms with Crippen molar-refractivity contribution in [2.75, 3.05) is 13.2 Å². The molecule has 0 radical (unpaired) electrons. The molecule has 0 aliphatic carbocycles. The summed E-state index contributed by atoms with van der Waals surface area (Å²) < 4.78 is 60.0. The van der Waals surface area contributed by atoms with Gasteiger partial charge in [0.2, 0.25) is 0 Å². The van der Waals surface area contributed by atoms with E-state index < -0.39 is 26.2 Å². The van der Waals surface area contributed by atoms with E-state index in [1.807, 2.05) is 6.07 Å². The Kier molecular flexibility index (Phi) is 6.81. The van der Waals surface area contributed by atoms with Crippen LogP contribution in [-0.4, -0.2) is 30.0 Å². The third-order valence-electron chi connectivity index (χ3n) is 4.18. The standard InChI is InChI=1S/C21H20O6S2/c22-28(23,20-12-6-2-7-13-20)26-16-19(18-10-4-1-5-11-18)17-27-29(24,25)21-14-8-3-9-15-21/h1-15,19H,16-17H2. The molecule has 29 heavy (non-hydrogen) atoms. The molecule has 0 aliphatic heterocycles. The van der Waals surface area contributed by atoms with E-state index in [2.05, 4.69) is 0 Å². The third-order valence-corrected chi connectivity index (χ3v) is 6.78. The molecule has 152 valence electrons. The molecule has 0 bridgehead atoms. The SMILES string of the molecule is O=S(=O)(OCC(COS(=O)(=O)c1ccccc1)c1ccccc1)c1ccccc1. The molecule has 0 aliphatic rings. The van der Waals surface area contributed by atoms with Crippen LogP contribution in [0.2, 0.25) is 0 Å². The number of benzene rings is 3. The zero-order chi connectivity index (χ0) is 20.7. The molecule has 0 fully saturated rings. The van der Waals surface area contributed by atoms with Gasteiger partial charge in [0.25, 0.3) is 20.2 Å². The second kappa shape index (κ2) is 9.32. The van der Waals surface area contributed by atoms with Crippen LogP contribution in [-0.2, 0) is 28.6 Å². The van der Waals surface area contributed by atoms with E-state index >= 15 is 0 Å². The van der Waals surface area contributed by atoms with E-state index in [9.17, 15) is 16.8 Å². The Morgan fingerprint density at radius 3 is 1.28 bits per heavy atom. The molecular formula is C21H20O6S2. The minimum absolute atomic E-state index is 0.0321. The fourth-order valence-electron chi connectivity index (χ4n) is 2.62. The molecule has 0 heterocycles. The van der Waals surface area contributed by atoms with Crippen molar-refractivity contribution in [1.29, 1.82) is 0 Å². The average molecular weight is 433 g/mol. The molecular weight excluding hydrogens is 412 g/mol. The van der Waals surface area contributed by atoms with Gasteiger partial charge in [0.05, 0.1) is 23.0 Å². The Morgan fingerprint density at radius 1 is 0.552 bits per heavy atom. The minimum Gasteiger partial charge on any atom is -0.266 e. The van der Waals surface area contributed by atoms with Crippen molar-refractivity contribution in [2.45, 2.75) is 15.7 Å². The highest BCUT2D eigenvalue weighted by atomic mass is 32.2. The lowest BCUT2D eigenvalue weighted by molar-refractivity contribution is 0.226. The quantitative estimate of drug-likeness (QED) is 0.481. The van der Waals surface area contributed by atoms with Crippen molar-refractivity contribution in [2.24, 2.45) is 0 Å². The van der Waals surface area contributed by atoms with Gasteiger partial charge in [0.15, 0.2) is 0 Å². The first kappa shape index (κ1) is 21.2. The Balaban J connectivity index is 1.76. The normalized spacial score (nSPS) is 12.2. The molecule has 0 aromatic heterocycles. The topological polar surface area (TPSA) is 86.7 Å². The molecule has 0 spiro atoms. The van der Waals surface area contributed by atoms with Gasteiger partial charge in [0, 0.05) is 5.92 Å². The first-order valence-corrected chi connectivity index (χ1v) is 11.6. The molecule has 0 saturated carbocycles. The van der Waals surface area contributed by atoms with Gasteiger partial charge < -0.3 is 0 Å². The van der Waals surface area contributed by atoms with Crippen LogP contribution in [0.5, 0.6) is 0 Å². The molecule has 3 aromatic rings. The summed E-state index contributed by atoms with van der Waals surface area (Å²) in [5.41, 5.74) is 0.707. The van der Waals surface area contributed by atoms with Crippen molar-refractivity contribution in [1.82, 2.24) is 0 Å². The van der Waals surface area contributed by atoms with Crippen LogP contribution in [0.25, 0.3) is 0 Å². The summed E-state index contributed by atoms with van der Waals surface area (Å²) in [5.74, 6) is -0.604. The van der Waals surface area contributed by atoms with Crippen LogP contribution in [0.4, 0.5) is 0 Å². The maximum atomic E-state index is 12.4. The van der Waals surface area contributed by atoms with E-state index in [0.717, 1.165) is 0 Å². The van der Waals surface area contributed by atoms with Crippen molar-refractivity contribution < 1.29 is 25.2 Å². The first-order chi connectivity index (χ1) is 13.9. The Labute approximate surface area is 171 Å². The predicted octanol–water partition coefficient (Wildman–Crippen LogP) is 3.58. The van der Waals surface area contributed by atoms with Gasteiger partial charge in [-0.3, -0.25) is 8.37 Å². The van der Waals surface area contributed by atoms with E-state index in [0.29, 0.717) is 5.56 Å². The third kappa shape index (κ3) is 5.74. The minimum atomic E-state index is -3.97. The number of rotatable bonds is 9. The Hall–Kier alpha value is -2.52. The smallest absolute Gasteiger partial charge is 0.266 e. The molecule has 0 N–H and O–H groups in total. The maximum Gasteiger partial charge on any atom is 0.296 e. The van der Waals surface area contributed by atoms with Crippen molar-refractivity contribution >= 4 is 20.2 Å². The number of hydrogen-bond donors (Lipinski definition) is 0. The first-order valence-electron chi connectivity index (χ1n) is 8.82. The molecule has 0 amide bonds. The lowest BCUT2D eigenvalue weighted by Gasteiger charge is -2.17. The second-order valence-corrected chi connectivity index (χ2v) is 9.44. The Bertz CT molecular complexity index is 1040. The van der Waals surface area contributed by atoms with Crippen LogP contribution in [0.3, 0.4) is 0 Å². The lowest BCUT2D eigenvalue weighted by Crippen LogP contribution is -2.20. The van der Waals surface area contributed by atoms with Crippen LogP contribution >= 0.6 is 0 Å². The van der Waals surface area contributed by atoms with Crippen molar-refractivity contribution in [3.05, 3.63) is 96.6 Å². The maximum absolute atomic E-state index is 12.4. The zero-order valence-corrected chi connectivity index (χ0v) is 17.1. The summed E-state index contributed by atoms with van der Waals surface area (Å²) in [6.45, 7) is -0.517. The second-order valence-electron chi connectivity index (χ2n) is 6.21.